The number of rotatable bonds is 2. The van der Waals surface area contributed by atoms with Crippen LogP contribution in [0.2, 0.25) is 0 Å². The van der Waals surface area contributed by atoms with Crippen LogP contribution < -0.4 is 0 Å². The van der Waals surface area contributed by atoms with Crippen LogP contribution in [0.15, 0.2) is 23.1 Å². The maximum absolute atomic E-state index is 12.9. The van der Waals surface area contributed by atoms with Crippen LogP contribution in [0.25, 0.3) is 0 Å². The van der Waals surface area contributed by atoms with Gasteiger partial charge >= 0.3 is 0 Å². The molecule has 0 aromatic heterocycles. The van der Waals surface area contributed by atoms with E-state index in [1.165, 1.54) is 0 Å². The first kappa shape index (κ1) is 11.3. The van der Waals surface area contributed by atoms with E-state index in [-0.39, 0.29) is 0 Å². The predicted octanol–water partition coefficient (Wildman–Crippen LogP) is 2.69. The van der Waals surface area contributed by atoms with Gasteiger partial charge in [-0.15, -0.1) is 0 Å². The molecule has 1 aromatic rings. The van der Waals surface area contributed by atoms with Crippen LogP contribution in [0.3, 0.4) is 0 Å². The van der Waals surface area contributed by atoms with E-state index in [4.69, 9.17) is 10.7 Å². The molecule has 0 amide bonds. The van der Waals surface area contributed by atoms with Crippen molar-refractivity contribution < 1.29 is 21.6 Å². The molecule has 0 heterocycles. The van der Waals surface area contributed by atoms with Crippen molar-refractivity contribution in [3.63, 3.8) is 0 Å². The number of hydrogen-bond acceptors (Lipinski definition) is 2. The first-order valence-corrected chi connectivity index (χ1v) is 5.65. The van der Waals surface area contributed by atoms with Gasteiger partial charge in [-0.05, 0) is 12.1 Å². The minimum absolute atomic E-state index is 0.444. The van der Waals surface area contributed by atoms with Crippen molar-refractivity contribution in [1.29, 1.82) is 0 Å². The minimum Gasteiger partial charge on any atom is -0.207 e. The van der Waals surface area contributed by atoms with E-state index < -0.39 is 31.8 Å². The van der Waals surface area contributed by atoms with Crippen molar-refractivity contribution in [3.8, 4) is 0 Å². The lowest BCUT2D eigenvalue weighted by Gasteiger charge is -2.02. The predicted molar refractivity (Wildman–Crippen MR) is 44.4 cm³/mol. The summed E-state index contributed by atoms with van der Waals surface area (Å²) < 4.78 is 58.3. The Hall–Kier alpha value is -0.750. The molecule has 0 N–H and O–H groups in total. The quantitative estimate of drug-likeness (QED) is 0.750. The van der Waals surface area contributed by atoms with Gasteiger partial charge in [0.25, 0.3) is 15.5 Å². The van der Waals surface area contributed by atoms with Crippen LogP contribution in [0.5, 0.6) is 0 Å². The van der Waals surface area contributed by atoms with Gasteiger partial charge in [0.15, 0.2) is 0 Å². The fraction of sp³-hybridized carbons (Fsp3) is 0.143. The SMILES string of the molecule is O=S(=O)(Cl)c1ccc(C(F)F)cc1F. The molecule has 2 nitrogen and oxygen atoms in total. The van der Waals surface area contributed by atoms with Crippen molar-refractivity contribution >= 4 is 19.7 Å². The van der Waals surface area contributed by atoms with Gasteiger partial charge in [-0.3, -0.25) is 0 Å². The third-order valence-corrected chi connectivity index (χ3v) is 2.83. The summed E-state index contributed by atoms with van der Waals surface area (Å²) in [6.45, 7) is 0. The van der Waals surface area contributed by atoms with E-state index in [2.05, 4.69) is 0 Å². The number of hydrogen-bond donors (Lipinski definition) is 0. The zero-order valence-electron chi connectivity index (χ0n) is 6.55. The molecule has 0 atom stereocenters. The Morgan fingerprint density at radius 2 is 1.86 bits per heavy atom. The van der Waals surface area contributed by atoms with E-state index in [9.17, 15) is 21.6 Å². The molecule has 0 fully saturated rings. The van der Waals surface area contributed by atoms with Crippen LogP contribution in [-0.2, 0) is 9.05 Å². The molecule has 0 aliphatic carbocycles. The van der Waals surface area contributed by atoms with Crippen LogP contribution in [0.4, 0.5) is 13.2 Å². The normalized spacial score (nSPS) is 12.1. The Bertz CT molecular complexity index is 444. The summed E-state index contributed by atoms with van der Waals surface area (Å²) in [5.41, 5.74) is -0.591. The van der Waals surface area contributed by atoms with Crippen molar-refractivity contribution in [2.24, 2.45) is 0 Å². The average Bonchev–Trinajstić information content (AvgIpc) is 2.01. The third kappa shape index (κ3) is 2.39. The summed E-state index contributed by atoms with van der Waals surface area (Å²) in [7, 11) is 0.617. The second kappa shape index (κ2) is 3.78. The standard InChI is InChI=1S/C7H4ClF3O2S/c8-14(12,13)6-2-1-4(7(10)11)3-5(6)9/h1-3,7H. The highest BCUT2D eigenvalue weighted by Crippen LogP contribution is 2.24. The molecular weight excluding hydrogens is 241 g/mol. The molecule has 0 saturated carbocycles. The summed E-state index contributed by atoms with van der Waals surface area (Å²) >= 11 is 0. The first-order chi connectivity index (χ1) is 6.32. The zero-order valence-corrected chi connectivity index (χ0v) is 8.12. The topological polar surface area (TPSA) is 34.1 Å². The Balaban J connectivity index is 3.28. The van der Waals surface area contributed by atoms with Crippen LogP contribution in [0.1, 0.15) is 12.0 Å². The number of benzene rings is 1. The molecule has 0 unspecified atom stereocenters. The summed E-state index contributed by atoms with van der Waals surface area (Å²) in [5.74, 6) is -1.28. The molecule has 14 heavy (non-hydrogen) atoms. The van der Waals surface area contributed by atoms with E-state index in [1.54, 1.807) is 0 Å². The molecule has 1 rings (SSSR count). The van der Waals surface area contributed by atoms with Gasteiger partial charge < -0.3 is 0 Å². The molecule has 0 aliphatic rings. The molecule has 7 heteroatoms. The highest BCUT2D eigenvalue weighted by molar-refractivity contribution is 8.13. The zero-order chi connectivity index (χ0) is 10.9. The smallest absolute Gasteiger partial charge is 0.207 e. The summed E-state index contributed by atoms with van der Waals surface area (Å²) in [6.07, 6.45) is -2.85. The molecule has 78 valence electrons. The van der Waals surface area contributed by atoms with E-state index in [0.717, 1.165) is 6.07 Å². The van der Waals surface area contributed by atoms with Crippen LogP contribution in [-0.4, -0.2) is 8.42 Å². The lowest BCUT2D eigenvalue weighted by molar-refractivity contribution is 0.151. The maximum atomic E-state index is 12.9. The van der Waals surface area contributed by atoms with Gasteiger partial charge in [-0.1, -0.05) is 6.07 Å². The monoisotopic (exact) mass is 244 g/mol. The van der Waals surface area contributed by atoms with Gasteiger partial charge in [-0.2, -0.15) is 0 Å². The lowest BCUT2D eigenvalue weighted by Crippen LogP contribution is -1.97. The Kier molecular flexibility index (Phi) is 3.06. The molecule has 0 radical (unpaired) electrons. The second-order valence-electron chi connectivity index (χ2n) is 2.43. The molecule has 0 bridgehead atoms. The van der Waals surface area contributed by atoms with Gasteiger partial charge in [-0.25, -0.2) is 21.6 Å². The van der Waals surface area contributed by atoms with Gasteiger partial charge in [0.1, 0.15) is 10.7 Å². The molecular formula is C7H4ClF3O2S. The molecule has 0 saturated heterocycles. The Labute approximate surface area is 82.7 Å². The summed E-state index contributed by atoms with van der Waals surface area (Å²) in [5, 5.41) is 0. The number of alkyl halides is 2. The van der Waals surface area contributed by atoms with Crippen molar-refractivity contribution in [1.82, 2.24) is 0 Å². The first-order valence-electron chi connectivity index (χ1n) is 3.34. The van der Waals surface area contributed by atoms with E-state index >= 15 is 0 Å². The largest absolute Gasteiger partial charge is 0.264 e. The Morgan fingerprint density at radius 3 is 2.21 bits per heavy atom. The fourth-order valence-electron chi connectivity index (χ4n) is 0.851. The number of halogens is 4. The highest BCUT2D eigenvalue weighted by atomic mass is 35.7. The molecule has 1 aromatic carbocycles. The van der Waals surface area contributed by atoms with E-state index in [1.807, 2.05) is 0 Å². The van der Waals surface area contributed by atoms with Crippen LogP contribution in [0, 0.1) is 5.82 Å². The highest BCUT2D eigenvalue weighted by Gasteiger charge is 2.18. The van der Waals surface area contributed by atoms with Crippen molar-refractivity contribution in [3.05, 3.63) is 29.6 Å². The van der Waals surface area contributed by atoms with Crippen molar-refractivity contribution in [2.75, 3.05) is 0 Å². The van der Waals surface area contributed by atoms with Crippen molar-refractivity contribution in [2.45, 2.75) is 11.3 Å². The summed E-state index contributed by atoms with van der Waals surface area (Å²) in [4.78, 5) is -0.802. The molecule has 0 aliphatic heterocycles. The maximum Gasteiger partial charge on any atom is 0.264 e. The minimum atomic E-state index is -4.22. The second-order valence-corrected chi connectivity index (χ2v) is 4.96. The van der Waals surface area contributed by atoms with E-state index in [0.29, 0.717) is 12.1 Å². The third-order valence-electron chi connectivity index (χ3n) is 1.47. The fourth-order valence-corrected chi connectivity index (χ4v) is 1.75. The average molecular weight is 245 g/mol. The molecule has 0 spiro atoms. The summed E-state index contributed by atoms with van der Waals surface area (Å²) in [6, 6.07) is 1.96. The van der Waals surface area contributed by atoms with Gasteiger partial charge in [0, 0.05) is 16.2 Å². The van der Waals surface area contributed by atoms with Gasteiger partial charge in [0.05, 0.1) is 0 Å². The van der Waals surface area contributed by atoms with Crippen LogP contribution >= 0.6 is 10.7 Å². The lowest BCUT2D eigenvalue weighted by atomic mass is 10.2. The Morgan fingerprint density at radius 1 is 1.29 bits per heavy atom. The van der Waals surface area contributed by atoms with Gasteiger partial charge in [0.2, 0.25) is 0 Å².